The molecule has 0 aliphatic heterocycles. The lowest BCUT2D eigenvalue weighted by molar-refractivity contribution is -0.0689. The zero-order valence-corrected chi connectivity index (χ0v) is 12.7. The van der Waals surface area contributed by atoms with Gasteiger partial charge in [-0.2, -0.15) is 0 Å². The summed E-state index contributed by atoms with van der Waals surface area (Å²) in [5.41, 5.74) is 0.910. The molecule has 3 rings (SSSR count). The van der Waals surface area contributed by atoms with Gasteiger partial charge in [0.15, 0.2) is 0 Å². The molecule has 4 nitrogen and oxygen atoms in total. The number of nitrogens with zero attached hydrogens (tertiary/aromatic N) is 1. The Balaban J connectivity index is 1.92. The van der Waals surface area contributed by atoms with Crippen molar-refractivity contribution in [2.75, 3.05) is 0 Å². The number of halogens is 1. The second-order valence-electron chi connectivity index (χ2n) is 6.11. The largest absolute Gasteiger partial charge is 0.392 e. The number of para-hydroxylation sites is 1. The molecule has 2 N–H and O–H groups in total. The molecule has 2 aromatic rings. The van der Waals surface area contributed by atoms with Crippen LogP contribution in [0.15, 0.2) is 30.3 Å². The Bertz CT molecular complexity index is 714. The number of amides is 1. The van der Waals surface area contributed by atoms with Crippen LogP contribution in [-0.2, 0) is 0 Å². The van der Waals surface area contributed by atoms with E-state index in [1.807, 2.05) is 38.1 Å². The summed E-state index contributed by atoms with van der Waals surface area (Å²) >= 11 is 6.00. The minimum Gasteiger partial charge on any atom is -0.392 e. The summed E-state index contributed by atoms with van der Waals surface area (Å²) in [5.74, 6) is -0.180. The van der Waals surface area contributed by atoms with E-state index >= 15 is 0 Å². The number of carbonyl (C=O) groups excluding carboxylic acids is 1. The predicted molar refractivity (Wildman–Crippen MR) is 82.4 cm³/mol. The standard InChI is InChI=1S/C16H17ClN2O2/c1-16(2)12(8-13(16)20)19-15(21)10-7-14(17)18-11-6-4-3-5-9(10)11/h3-7,12-13,20H,8H2,1-2H3,(H,19,21). The third-order valence-electron chi connectivity index (χ3n) is 4.45. The van der Waals surface area contributed by atoms with Gasteiger partial charge < -0.3 is 10.4 Å². The van der Waals surface area contributed by atoms with Crippen LogP contribution in [0, 0.1) is 5.41 Å². The van der Waals surface area contributed by atoms with Crippen molar-refractivity contribution in [3.63, 3.8) is 0 Å². The van der Waals surface area contributed by atoms with Gasteiger partial charge >= 0.3 is 0 Å². The second-order valence-corrected chi connectivity index (χ2v) is 6.50. The molecule has 0 saturated heterocycles. The summed E-state index contributed by atoms with van der Waals surface area (Å²) in [6.07, 6.45) is 0.204. The highest BCUT2D eigenvalue weighted by molar-refractivity contribution is 6.30. The van der Waals surface area contributed by atoms with E-state index in [1.54, 1.807) is 6.07 Å². The number of aliphatic hydroxyl groups is 1. The van der Waals surface area contributed by atoms with E-state index in [4.69, 9.17) is 11.6 Å². The molecular formula is C16H17ClN2O2. The van der Waals surface area contributed by atoms with Gasteiger partial charge in [0.25, 0.3) is 5.91 Å². The SMILES string of the molecule is CC1(C)C(O)CC1NC(=O)c1cc(Cl)nc2ccccc12. The molecular weight excluding hydrogens is 288 g/mol. The van der Waals surface area contributed by atoms with Crippen LogP contribution in [0.4, 0.5) is 0 Å². The number of aromatic nitrogens is 1. The molecule has 0 bridgehead atoms. The number of nitrogens with one attached hydrogen (secondary N) is 1. The molecule has 2 atom stereocenters. The first kappa shape index (κ1) is 14.3. The zero-order chi connectivity index (χ0) is 15.2. The second kappa shape index (κ2) is 4.97. The first-order valence-electron chi connectivity index (χ1n) is 6.94. The molecule has 1 fully saturated rings. The maximum absolute atomic E-state index is 12.5. The monoisotopic (exact) mass is 304 g/mol. The van der Waals surface area contributed by atoms with Gasteiger partial charge in [-0.25, -0.2) is 4.98 Å². The summed E-state index contributed by atoms with van der Waals surface area (Å²) in [6, 6.07) is 8.96. The fourth-order valence-electron chi connectivity index (χ4n) is 2.71. The lowest BCUT2D eigenvalue weighted by Gasteiger charge is -2.49. The molecule has 21 heavy (non-hydrogen) atoms. The topological polar surface area (TPSA) is 62.2 Å². The van der Waals surface area contributed by atoms with Gasteiger partial charge in [-0.1, -0.05) is 43.6 Å². The Morgan fingerprint density at radius 3 is 2.81 bits per heavy atom. The first-order chi connectivity index (χ1) is 9.89. The van der Waals surface area contributed by atoms with Crippen molar-refractivity contribution in [1.82, 2.24) is 10.3 Å². The fraction of sp³-hybridized carbons (Fsp3) is 0.375. The van der Waals surface area contributed by atoms with Gasteiger partial charge in [0.1, 0.15) is 5.15 Å². The third-order valence-corrected chi connectivity index (χ3v) is 4.64. The van der Waals surface area contributed by atoms with Gasteiger partial charge in [0.2, 0.25) is 0 Å². The van der Waals surface area contributed by atoms with Gasteiger partial charge in [-0.3, -0.25) is 4.79 Å². The number of aliphatic hydroxyl groups excluding tert-OH is 1. The van der Waals surface area contributed by atoms with Gasteiger partial charge in [0, 0.05) is 16.8 Å². The van der Waals surface area contributed by atoms with Gasteiger partial charge in [-0.15, -0.1) is 0 Å². The molecule has 1 aliphatic rings. The Hall–Kier alpha value is -1.65. The molecule has 0 radical (unpaired) electrons. The number of pyridine rings is 1. The van der Waals surface area contributed by atoms with E-state index in [0.717, 1.165) is 5.39 Å². The molecule has 1 aliphatic carbocycles. The predicted octanol–water partition coefficient (Wildman–Crippen LogP) is 2.78. The zero-order valence-electron chi connectivity index (χ0n) is 11.9. The minimum atomic E-state index is -0.374. The number of benzene rings is 1. The van der Waals surface area contributed by atoms with Crippen LogP contribution in [0.25, 0.3) is 10.9 Å². The van der Waals surface area contributed by atoms with Crippen LogP contribution < -0.4 is 5.32 Å². The fourth-order valence-corrected chi connectivity index (χ4v) is 2.91. The van der Waals surface area contributed by atoms with Crippen molar-refractivity contribution >= 4 is 28.4 Å². The molecule has 0 spiro atoms. The molecule has 1 aromatic carbocycles. The smallest absolute Gasteiger partial charge is 0.252 e. The molecule has 5 heteroatoms. The van der Waals surface area contributed by atoms with Crippen molar-refractivity contribution in [1.29, 1.82) is 0 Å². The van der Waals surface area contributed by atoms with Crippen molar-refractivity contribution < 1.29 is 9.90 Å². The quantitative estimate of drug-likeness (QED) is 0.839. The van der Waals surface area contributed by atoms with Crippen LogP contribution in [0.5, 0.6) is 0 Å². The average Bonchev–Trinajstić information content (AvgIpc) is 2.45. The van der Waals surface area contributed by atoms with Crippen LogP contribution in [0.3, 0.4) is 0 Å². The molecule has 1 aromatic heterocycles. The number of fused-ring (bicyclic) bond motifs is 1. The number of hydrogen-bond acceptors (Lipinski definition) is 3. The van der Waals surface area contributed by atoms with E-state index < -0.39 is 0 Å². The molecule has 1 saturated carbocycles. The van der Waals surface area contributed by atoms with Crippen LogP contribution in [-0.4, -0.2) is 28.1 Å². The summed E-state index contributed by atoms with van der Waals surface area (Å²) < 4.78 is 0. The molecule has 2 unspecified atom stereocenters. The Morgan fingerprint density at radius 2 is 2.14 bits per heavy atom. The Labute approximate surface area is 128 Å². The summed E-state index contributed by atoms with van der Waals surface area (Å²) in [7, 11) is 0. The minimum absolute atomic E-state index is 0.0364. The first-order valence-corrected chi connectivity index (χ1v) is 7.31. The average molecular weight is 305 g/mol. The number of hydrogen-bond donors (Lipinski definition) is 2. The van der Waals surface area contributed by atoms with E-state index in [-0.39, 0.29) is 23.5 Å². The summed E-state index contributed by atoms with van der Waals surface area (Å²) in [4.78, 5) is 16.7. The van der Waals surface area contributed by atoms with E-state index in [1.165, 1.54) is 0 Å². The Kier molecular flexibility index (Phi) is 3.38. The number of carbonyl (C=O) groups is 1. The molecule has 1 amide bonds. The van der Waals surface area contributed by atoms with E-state index in [0.29, 0.717) is 22.7 Å². The summed E-state index contributed by atoms with van der Waals surface area (Å²) in [5, 5.41) is 13.8. The van der Waals surface area contributed by atoms with Crippen molar-refractivity contribution in [3.8, 4) is 0 Å². The lowest BCUT2D eigenvalue weighted by atomic mass is 9.64. The van der Waals surface area contributed by atoms with Gasteiger partial charge in [0.05, 0.1) is 17.2 Å². The number of rotatable bonds is 2. The van der Waals surface area contributed by atoms with Crippen molar-refractivity contribution in [2.45, 2.75) is 32.4 Å². The van der Waals surface area contributed by atoms with Crippen molar-refractivity contribution in [2.24, 2.45) is 5.41 Å². The third kappa shape index (κ3) is 2.39. The molecule has 110 valence electrons. The highest BCUT2D eigenvalue weighted by Gasteiger charge is 2.48. The van der Waals surface area contributed by atoms with Crippen LogP contribution >= 0.6 is 11.6 Å². The molecule has 1 heterocycles. The summed E-state index contributed by atoms with van der Waals surface area (Å²) in [6.45, 7) is 3.90. The Morgan fingerprint density at radius 1 is 1.43 bits per heavy atom. The van der Waals surface area contributed by atoms with Gasteiger partial charge in [-0.05, 0) is 18.6 Å². The van der Waals surface area contributed by atoms with E-state index in [2.05, 4.69) is 10.3 Å². The lowest BCUT2D eigenvalue weighted by Crippen LogP contribution is -2.61. The van der Waals surface area contributed by atoms with E-state index in [9.17, 15) is 9.90 Å². The highest BCUT2D eigenvalue weighted by atomic mass is 35.5. The highest BCUT2D eigenvalue weighted by Crippen LogP contribution is 2.40. The maximum atomic E-state index is 12.5. The maximum Gasteiger partial charge on any atom is 0.252 e. The normalized spacial score (nSPS) is 23.6. The van der Waals surface area contributed by atoms with Crippen molar-refractivity contribution in [3.05, 3.63) is 41.0 Å². The van der Waals surface area contributed by atoms with Crippen LogP contribution in [0.2, 0.25) is 5.15 Å². The van der Waals surface area contributed by atoms with Crippen LogP contribution in [0.1, 0.15) is 30.6 Å².